The van der Waals surface area contributed by atoms with E-state index in [9.17, 15) is 33.6 Å². The van der Waals surface area contributed by atoms with Crippen molar-refractivity contribution in [2.24, 2.45) is 11.7 Å². The van der Waals surface area contributed by atoms with E-state index in [1.807, 2.05) is 55.5 Å². The van der Waals surface area contributed by atoms with Crippen LogP contribution in [-0.4, -0.2) is 108 Å². The number of ether oxygens (including phenoxy) is 8. The summed E-state index contributed by atoms with van der Waals surface area (Å²) in [6.45, 7) is 1.96. The fraction of sp³-hybridized carbons (Fsp3) is 0.393. The Morgan fingerprint density at radius 1 is 0.679 bits per heavy atom. The number of rotatable bonds is 27. The Morgan fingerprint density at radius 3 is 1.94 bits per heavy atom. The number of esters is 1. The molecule has 0 aliphatic carbocycles. The predicted molar refractivity (Wildman–Crippen MR) is 297 cm³/mol. The van der Waals surface area contributed by atoms with E-state index in [4.69, 9.17) is 43.6 Å². The van der Waals surface area contributed by atoms with Gasteiger partial charge in [-0.3, -0.25) is 34.1 Å². The number of likely N-dealkylation sites (tertiary alicyclic amines) is 1. The van der Waals surface area contributed by atoms with Crippen LogP contribution in [0.25, 0.3) is 0 Å². The maximum Gasteiger partial charge on any atom is 0.329 e. The second kappa shape index (κ2) is 28.9. The molecule has 0 saturated carbocycles. The van der Waals surface area contributed by atoms with Gasteiger partial charge in [-0.05, 0) is 127 Å². The van der Waals surface area contributed by atoms with E-state index >= 15 is 0 Å². The summed E-state index contributed by atoms with van der Waals surface area (Å²) in [6, 6.07) is 27.5. The molecule has 81 heavy (non-hydrogen) atoms. The number of methoxy groups -OCH3 is 5. The van der Waals surface area contributed by atoms with Crippen LogP contribution >= 0.6 is 0 Å². The van der Waals surface area contributed by atoms with Crippen LogP contribution in [0.5, 0.6) is 40.2 Å². The number of nitrogens with two attached hydrogens (primary N) is 1. The Labute approximate surface area is 471 Å². The summed E-state index contributed by atoms with van der Waals surface area (Å²) >= 11 is 0. The molecule has 0 aromatic heterocycles. The zero-order chi connectivity index (χ0) is 58.0. The van der Waals surface area contributed by atoms with Gasteiger partial charge in [-0.25, -0.2) is 4.79 Å². The number of primary amides is 1. The number of amides is 6. The number of nitrogens with zero attached hydrogens (tertiary/aromatic N) is 1. The molecule has 5 N–H and O–H groups in total. The monoisotopic (exact) mass is 1110 g/mol. The summed E-state index contributed by atoms with van der Waals surface area (Å²) in [6.07, 6.45) is 3.10. The van der Waals surface area contributed by atoms with Crippen molar-refractivity contribution >= 4 is 41.4 Å². The molecule has 0 bridgehead atoms. The van der Waals surface area contributed by atoms with E-state index in [-0.39, 0.29) is 61.6 Å². The van der Waals surface area contributed by atoms with E-state index in [1.54, 1.807) is 61.6 Å². The highest BCUT2D eigenvalue weighted by atomic mass is 16.5. The topological polar surface area (TPSA) is 259 Å². The van der Waals surface area contributed by atoms with Crippen LogP contribution in [-0.2, 0) is 59.4 Å². The van der Waals surface area contributed by atoms with Crippen molar-refractivity contribution in [1.29, 1.82) is 0 Å². The van der Waals surface area contributed by atoms with Gasteiger partial charge in [0.05, 0.1) is 47.0 Å². The Morgan fingerprint density at radius 2 is 1.32 bits per heavy atom. The first-order valence-corrected chi connectivity index (χ1v) is 26.9. The fourth-order valence-corrected chi connectivity index (χ4v) is 10.1. The summed E-state index contributed by atoms with van der Waals surface area (Å²) in [5, 5.41) is 7.97. The third kappa shape index (κ3) is 15.7. The van der Waals surface area contributed by atoms with Crippen LogP contribution in [0.15, 0.2) is 97.1 Å². The SMILES string of the molecule is CC[C@H](C(=O)N1CCCCC1C(=O)OC(CCc1ccc(OC)c(OC)c1)c1cccc(OCC(=O)NCc2ccc(CNC(=O)COc3cccc(CC4CCC(=O)NC4=O)c3C(N)=O)cc2)c1)c1cc(OC)c(OC)c(OC)c1. The zero-order valence-corrected chi connectivity index (χ0v) is 46.6. The molecule has 2 heterocycles. The van der Waals surface area contributed by atoms with Crippen molar-refractivity contribution in [2.45, 2.75) is 95.9 Å². The Hall–Kier alpha value is -8.81. The molecule has 4 atom stereocenters. The number of aryl methyl sites for hydroxylation is 1. The van der Waals surface area contributed by atoms with Crippen molar-refractivity contribution in [2.75, 3.05) is 55.3 Å². The van der Waals surface area contributed by atoms with Crippen molar-refractivity contribution in [3.63, 3.8) is 0 Å². The number of hydrogen-bond acceptors (Lipinski definition) is 15. The van der Waals surface area contributed by atoms with Crippen LogP contribution in [0.3, 0.4) is 0 Å². The minimum absolute atomic E-state index is 0.0673. The zero-order valence-electron chi connectivity index (χ0n) is 46.6. The van der Waals surface area contributed by atoms with Gasteiger partial charge in [-0.2, -0.15) is 0 Å². The Kier molecular flexibility index (Phi) is 21.3. The molecule has 6 amide bonds. The number of imide groups is 1. The van der Waals surface area contributed by atoms with E-state index in [1.165, 1.54) is 27.4 Å². The molecule has 2 aliphatic rings. The van der Waals surface area contributed by atoms with Gasteiger partial charge < -0.3 is 59.2 Å². The third-order valence-corrected chi connectivity index (χ3v) is 14.4. The average Bonchev–Trinajstić information content (AvgIpc) is 3.52. The maximum atomic E-state index is 14.6. The molecule has 2 saturated heterocycles. The Bertz CT molecular complexity index is 3030. The lowest BCUT2D eigenvalue weighted by atomic mass is 9.89. The lowest BCUT2D eigenvalue weighted by Crippen LogP contribution is -2.50. The molecule has 5 aromatic rings. The lowest BCUT2D eigenvalue weighted by Gasteiger charge is -2.37. The minimum Gasteiger partial charge on any atom is -0.493 e. The molecule has 7 rings (SSSR count). The second-order valence-corrected chi connectivity index (χ2v) is 19.6. The molecule has 5 aromatic carbocycles. The highest BCUT2D eigenvalue weighted by Crippen LogP contribution is 2.42. The van der Waals surface area contributed by atoms with Gasteiger partial charge >= 0.3 is 5.97 Å². The summed E-state index contributed by atoms with van der Waals surface area (Å²) < 4.78 is 45.9. The number of carbonyl (C=O) groups is 7. The van der Waals surface area contributed by atoms with Gasteiger partial charge in [0, 0.05) is 32.0 Å². The second-order valence-electron chi connectivity index (χ2n) is 19.6. The number of piperidine rings is 2. The van der Waals surface area contributed by atoms with Crippen molar-refractivity contribution in [1.82, 2.24) is 20.9 Å². The van der Waals surface area contributed by atoms with Crippen LogP contribution in [0.4, 0.5) is 0 Å². The highest BCUT2D eigenvalue weighted by Gasteiger charge is 2.38. The molecular formula is C61H71N5O15. The first-order valence-electron chi connectivity index (χ1n) is 26.9. The quantitative estimate of drug-likeness (QED) is 0.0319. The van der Waals surface area contributed by atoms with Crippen molar-refractivity contribution in [3.8, 4) is 40.2 Å². The summed E-state index contributed by atoms with van der Waals surface area (Å²) in [5.41, 5.74) is 10.0. The molecule has 2 aliphatic heterocycles. The molecule has 2 fully saturated rings. The Balaban J connectivity index is 0.947. The molecule has 20 heteroatoms. The number of benzene rings is 5. The molecule has 0 radical (unpaired) electrons. The van der Waals surface area contributed by atoms with Gasteiger partial charge in [0.2, 0.25) is 23.5 Å². The summed E-state index contributed by atoms with van der Waals surface area (Å²) in [4.78, 5) is 93.1. The first kappa shape index (κ1) is 59.8. The van der Waals surface area contributed by atoms with Crippen molar-refractivity contribution < 1.29 is 71.5 Å². The average molecular weight is 1110 g/mol. The standard InChI is InChI=1S/C61H71N5O15/c1-7-45(43-31-51(76-4)57(78-6)52(32-43)77-5)60(72)66-27-9-8-15-46(66)61(73)81-47(24-21-37-22-25-48(74-2)50(28-37)75-3)40-12-10-14-44(30-40)79-35-54(68)63-33-38-17-19-39(20-18-38)34-64-55(69)36-80-49-16-11-13-41(56(49)58(62)70)29-42-23-26-53(67)65-59(42)71/h10-14,16-20,22,25,28,30-32,42,45-47H,7-9,15,21,23-24,26-27,29,33-36H2,1-6H3,(H2,62,70)(H,63,68)(H,64,69)(H,65,67,71)/t42?,45-,46?,47?/m0/s1. The molecular weight excluding hydrogens is 1040 g/mol. The third-order valence-electron chi connectivity index (χ3n) is 14.4. The molecule has 3 unspecified atom stereocenters. The smallest absolute Gasteiger partial charge is 0.329 e. The van der Waals surface area contributed by atoms with Crippen LogP contribution in [0.2, 0.25) is 0 Å². The number of nitrogens with one attached hydrogen (secondary N) is 3. The van der Waals surface area contributed by atoms with E-state index in [0.717, 1.165) is 29.5 Å². The number of hydrogen-bond donors (Lipinski definition) is 4. The van der Waals surface area contributed by atoms with Gasteiger partial charge in [-0.15, -0.1) is 0 Å². The van der Waals surface area contributed by atoms with Crippen LogP contribution < -0.4 is 54.8 Å². The van der Waals surface area contributed by atoms with Crippen LogP contribution in [0, 0.1) is 5.92 Å². The normalized spacial score (nSPS) is 15.7. The van der Waals surface area contributed by atoms with E-state index in [2.05, 4.69) is 16.0 Å². The van der Waals surface area contributed by atoms with E-state index in [0.29, 0.717) is 89.8 Å². The predicted octanol–water partition coefficient (Wildman–Crippen LogP) is 6.61. The van der Waals surface area contributed by atoms with Gasteiger partial charge in [-0.1, -0.05) is 61.5 Å². The molecule has 430 valence electrons. The lowest BCUT2D eigenvalue weighted by molar-refractivity contribution is -0.162. The van der Waals surface area contributed by atoms with Gasteiger partial charge in [0.1, 0.15) is 23.6 Å². The summed E-state index contributed by atoms with van der Waals surface area (Å²) in [7, 11) is 7.68. The van der Waals surface area contributed by atoms with Crippen molar-refractivity contribution in [3.05, 3.63) is 136 Å². The van der Waals surface area contributed by atoms with Gasteiger partial charge in [0.15, 0.2) is 36.2 Å². The van der Waals surface area contributed by atoms with Crippen LogP contribution in [0.1, 0.15) is 108 Å². The van der Waals surface area contributed by atoms with E-state index < -0.39 is 54.3 Å². The largest absolute Gasteiger partial charge is 0.493 e. The summed E-state index contributed by atoms with van der Waals surface area (Å²) in [5.74, 6) is -1.37. The molecule has 0 spiro atoms. The minimum atomic E-state index is -0.838. The first-order chi connectivity index (χ1) is 39.2. The van der Waals surface area contributed by atoms with Gasteiger partial charge in [0.25, 0.3) is 17.7 Å². The fourth-order valence-electron chi connectivity index (χ4n) is 10.1. The maximum absolute atomic E-state index is 14.6. The number of carbonyl (C=O) groups excluding carboxylic acids is 7. The highest BCUT2D eigenvalue weighted by molar-refractivity contribution is 6.00. The molecule has 20 nitrogen and oxygen atoms in total.